The number of nitrogens with one attached hydrogen (secondary N) is 2. The minimum Gasteiger partial charge on any atom is -0.394 e. The Morgan fingerprint density at radius 1 is 1.20 bits per heavy atom. The van der Waals surface area contributed by atoms with Gasteiger partial charge in [-0.1, -0.05) is 39.0 Å². The number of carbonyl (C=O) groups excluding carboxylic acids is 1. The summed E-state index contributed by atoms with van der Waals surface area (Å²) in [6.07, 6.45) is 2.41. The molecule has 0 aromatic heterocycles. The lowest BCUT2D eigenvalue weighted by Crippen LogP contribution is -2.50. The molecule has 1 aromatic carbocycles. The maximum atomic E-state index is 12.1. The number of benzene rings is 1. The molecule has 0 fully saturated rings. The molecule has 1 unspecified atom stereocenters. The van der Waals surface area contributed by atoms with Gasteiger partial charge in [-0.25, -0.2) is 4.79 Å². The fraction of sp³-hybridized carbons (Fsp3) is 0.562. The van der Waals surface area contributed by atoms with Crippen LogP contribution in [-0.4, -0.2) is 23.3 Å². The lowest BCUT2D eigenvalue weighted by molar-refractivity contribution is 0.172. The number of hydrogen-bond donors (Lipinski definition) is 3. The maximum absolute atomic E-state index is 12.1. The monoisotopic (exact) mass is 278 g/mol. The summed E-state index contributed by atoms with van der Waals surface area (Å²) in [5, 5.41) is 15.1. The highest BCUT2D eigenvalue weighted by molar-refractivity contribution is 5.91. The largest absolute Gasteiger partial charge is 0.394 e. The summed E-state index contributed by atoms with van der Waals surface area (Å²) in [7, 11) is 0. The fourth-order valence-corrected chi connectivity index (χ4v) is 2.06. The number of para-hydroxylation sites is 1. The SMILES string of the molecule is CCc1cccc(CC)c1NC(=O)NC(C)(CC)CO. The molecule has 0 spiro atoms. The van der Waals surface area contributed by atoms with Crippen molar-refractivity contribution in [3.63, 3.8) is 0 Å². The molecule has 0 aliphatic heterocycles. The van der Waals surface area contributed by atoms with Gasteiger partial charge in [-0.05, 0) is 37.3 Å². The van der Waals surface area contributed by atoms with E-state index in [1.165, 1.54) is 0 Å². The number of carbonyl (C=O) groups is 1. The van der Waals surface area contributed by atoms with Crippen molar-refractivity contribution in [2.45, 2.75) is 52.5 Å². The summed E-state index contributed by atoms with van der Waals surface area (Å²) in [6, 6.07) is 5.81. The first kappa shape index (κ1) is 16.5. The Morgan fingerprint density at radius 2 is 1.75 bits per heavy atom. The molecule has 0 aliphatic rings. The number of urea groups is 1. The zero-order valence-corrected chi connectivity index (χ0v) is 12.9. The van der Waals surface area contributed by atoms with Crippen LogP contribution in [0.4, 0.5) is 10.5 Å². The molecule has 1 atom stereocenters. The Labute approximate surface area is 121 Å². The molecule has 0 aliphatic carbocycles. The molecule has 0 saturated heterocycles. The second kappa shape index (κ2) is 7.29. The second-order valence-electron chi connectivity index (χ2n) is 5.31. The third-order valence-electron chi connectivity index (χ3n) is 3.78. The van der Waals surface area contributed by atoms with Crippen LogP contribution in [0.2, 0.25) is 0 Å². The molecule has 4 nitrogen and oxygen atoms in total. The van der Waals surface area contributed by atoms with Crippen molar-refractivity contribution in [2.75, 3.05) is 11.9 Å². The van der Waals surface area contributed by atoms with Crippen LogP contribution in [0.25, 0.3) is 0 Å². The molecular weight excluding hydrogens is 252 g/mol. The van der Waals surface area contributed by atoms with Crippen molar-refractivity contribution in [1.29, 1.82) is 0 Å². The molecular formula is C16H26N2O2. The van der Waals surface area contributed by atoms with E-state index in [0.717, 1.165) is 29.7 Å². The van der Waals surface area contributed by atoms with Crippen LogP contribution in [0.1, 0.15) is 45.2 Å². The number of aryl methyl sites for hydroxylation is 2. The Hall–Kier alpha value is -1.55. The van der Waals surface area contributed by atoms with E-state index < -0.39 is 5.54 Å². The summed E-state index contributed by atoms with van der Waals surface area (Å²) in [5.74, 6) is 0. The van der Waals surface area contributed by atoms with Gasteiger partial charge in [0.05, 0.1) is 12.1 Å². The van der Waals surface area contributed by atoms with Gasteiger partial charge in [-0.3, -0.25) is 0 Å². The first-order chi connectivity index (χ1) is 9.49. The lowest BCUT2D eigenvalue weighted by atomic mass is 10.0. The number of amides is 2. The number of hydrogen-bond acceptors (Lipinski definition) is 2. The van der Waals surface area contributed by atoms with Crippen LogP contribution < -0.4 is 10.6 Å². The van der Waals surface area contributed by atoms with E-state index in [-0.39, 0.29) is 12.6 Å². The van der Waals surface area contributed by atoms with Crippen LogP contribution in [0.15, 0.2) is 18.2 Å². The van der Waals surface area contributed by atoms with E-state index in [1.54, 1.807) is 0 Å². The van der Waals surface area contributed by atoms with Crippen molar-refractivity contribution in [1.82, 2.24) is 5.32 Å². The zero-order chi connectivity index (χ0) is 15.2. The molecule has 1 aromatic rings. The summed E-state index contributed by atoms with van der Waals surface area (Å²) >= 11 is 0. The quantitative estimate of drug-likeness (QED) is 0.749. The van der Waals surface area contributed by atoms with Crippen LogP contribution in [0, 0.1) is 0 Å². The molecule has 2 amide bonds. The Kier molecular flexibility index (Phi) is 6.02. The minimum absolute atomic E-state index is 0.0764. The molecule has 4 heteroatoms. The van der Waals surface area contributed by atoms with Crippen LogP contribution >= 0.6 is 0 Å². The van der Waals surface area contributed by atoms with E-state index in [2.05, 4.69) is 24.5 Å². The van der Waals surface area contributed by atoms with Gasteiger partial charge < -0.3 is 15.7 Å². The standard InChI is InChI=1S/C16H26N2O2/c1-5-12-9-8-10-13(6-2)14(12)17-15(20)18-16(4,7-3)11-19/h8-10,19H,5-7,11H2,1-4H3,(H2,17,18,20). The van der Waals surface area contributed by atoms with E-state index in [0.29, 0.717) is 6.42 Å². The van der Waals surface area contributed by atoms with Crippen molar-refractivity contribution >= 4 is 11.7 Å². The smallest absolute Gasteiger partial charge is 0.319 e. The van der Waals surface area contributed by atoms with E-state index in [1.807, 2.05) is 32.0 Å². The van der Waals surface area contributed by atoms with Gasteiger partial charge in [0.1, 0.15) is 0 Å². The predicted molar refractivity (Wildman–Crippen MR) is 83.1 cm³/mol. The Bertz CT molecular complexity index is 432. The van der Waals surface area contributed by atoms with Crippen LogP contribution in [-0.2, 0) is 12.8 Å². The molecule has 1 rings (SSSR count). The van der Waals surface area contributed by atoms with E-state index >= 15 is 0 Å². The first-order valence-electron chi connectivity index (χ1n) is 7.30. The highest BCUT2D eigenvalue weighted by Gasteiger charge is 2.23. The second-order valence-corrected chi connectivity index (χ2v) is 5.31. The van der Waals surface area contributed by atoms with Gasteiger partial charge in [0, 0.05) is 5.69 Å². The summed E-state index contributed by atoms with van der Waals surface area (Å²) in [5.41, 5.74) is 2.56. The van der Waals surface area contributed by atoms with Gasteiger partial charge in [0.2, 0.25) is 0 Å². The third kappa shape index (κ3) is 3.97. The third-order valence-corrected chi connectivity index (χ3v) is 3.78. The molecule has 3 N–H and O–H groups in total. The molecule has 20 heavy (non-hydrogen) atoms. The first-order valence-corrected chi connectivity index (χ1v) is 7.30. The average molecular weight is 278 g/mol. The predicted octanol–water partition coefficient (Wildman–Crippen LogP) is 3.09. The Morgan fingerprint density at radius 3 is 2.15 bits per heavy atom. The summed E-state index contributed by atoms with van der Waals surface area (Å²) in [4.78, 5) is 12.1. The molecule has 0 saturated carbocycles. The molecule has 0 heterocycles. The average Bonchev–Trinajstić information content (AvgIpc) is 2.47. The van der Waals surface area contributed by atoms with E-state index in [9.17, 15) is 9.90 Å². The van der Waals surface area contributed by atoms with E-state index in [4.69, 9.17) is 0 Å². The van der Waals surface area contributed by atoms with Gasteiger partial charge in [-0.2, -0.15) is 0 Å². The van der Waals surface area contributed by atoms with Crippen molar-refractivity contribution in [3.8, 4) is 0 Å². The van der Waals surface area contributed by atoms with Gasteiger partial charge in [0.15, 0.2) is 0 Å². The maximum Gasteiger partial charge on any atom is 0.319 e. The van der Waals surface area contributed by atoms with Gasteiger partial charge >= 0.3 is 6.03 Å². The normalized spacial score (nSPS) is 13.7. The summed E-state index contributed by atoms with van der Waals surface area (Å²) < 4.78 is 0. The topological polar surface area (TPSA) is 61.4 Å². The minimum atomic E-state index is -0.586. The van der Waals surface area contributed by atoms with Gasteiger partial charge in [-0.15, -0.1) is 0 Å². The highest BCUT2D eigenvalue weighted by Crippen LogP contribution is 2.22. The number of rotatable bonds is 6. The molecule has 0 bridgehead atoms. The Balaban J connectivity index is 2.90. The van der Waals surface area contributed by atoms with Crippen molar-refractivity contribution in [3.05, 3.63) is 29.3 Å². The van der Waals surface area contributed by atoms with Crippen molar-refractivity contribution in [2.24, 2.45) is 0 Å². The molecule has 0 radical (unpaired) electrons. The number of aliphatic hydroxyl groups excluding tert-OH is 1. The van der Waals surface area contributed by atoms with Gasteiger partial charge in [0.25, 0.3) is 0 Å². The summed E-state index contributed by atoms with van der Waals surface area (Å²) in [6.45, 7) is 7.84. The fourth-order valence-electron chi connectivity index (χ4n) is 2.06. The highest BCUT2D eigenvalue weighted by atomic mass is 16.3. The number of anilines is 1. The van der Waals surface area contributed by atoms with Crippen LogP contribution in [0.3, 0.4) is 0 Å². The zero-order valence-electron chi connectivity index (χ0n) is 12.9. The molecule has 112 valence electrons. The van der Waals surface area contributed by atoms with Crippen molar-refractivity contribution < 1.29 is 9.90 Å². The number of aliphatic hydroxyl groups is 1. The van der Waals surface area contributed by atoms with Crippen LogP contribution in [0.5, 0.6) is 0 Å². The lowest BCUT2D eigenvalue weighted by Gasteiger charge is -2.27.